The number of nitrogens with zero attached hydrogens (tertiary/aromatic N) is 1. The number of carbonyl (C=O) groups excluding carboxylic acids is 1. The van der Waals surface area contributed by atoms with E-state index in [1.807, 2.05) is 24.3 Å². The van der Waals surface area contributed by atoms with E-state index >= 15 is 0 Å². The molecule has 1 aliphatic heterocycles. The second-order valence-corrected chi connectivity index (χ2v) is 11.1. The summed E-state index contributed by atoms with van der Waals surface area (Å²) in [6.45, 7) is 1.45. The van der Waals surface area contributed by atoms with Crippen molar-refractivity contribution in [1.82, 2.24) is 4.90 Å². The number of methoxy groups -OCH3 is 3. The van der Waals surface area contributed by atoms with Gasteiger partial charge in [-0.1, -0.05) is 23.7 Å². The zero-order valence-electron chi connectivity index (χ0n) is 23.5. The maximum Gasteiger partial charge on any atom is 0.226 e. The van der Waals surface area contributed by atoms with Crippen molar-refractivity contribution in [2.75, 3.05) is 47.6 Å². The third-order valence-corrected chi connectivity index (χ3v) is 8.43. The summed E-state index contributed by atoms with van der Waals surface area (Å²) < 4.78 is 22.5. The highest BCUT2D eigenvalue weighted by molar-refractivity contribution is 6.33. The third kappa shape index (κ3) is 6.56. The van der Waals surface area contributed by atoms with Gasteiger partial charge in [0.25, 0.3) is 0 Å². The number of hydrogen-bond acceptors (Lipinski definition) is 8. The molecule has 0 spiro atoms. The number of halogens is 1. The largest absolute Gasteiger partial charge is 0.497 e. The first kappa shape index (κ1) is 30.6. The fraction of sp³-hybridized carbons (Fsp3) is 0.567. The number of ether oxygens (including phenoxy) is 4. The molecule has 1 saturated carbocycles. The molecule has 1 saturated heterocycles. The fourth-order valence-corrected chi connectivity index (χ4v) is 6.17. The Morgan fingerprint density at radius 3 is 2.50 bits per heavy atom. The fourth-order valence-electron chi connectivity index (χ4n) is 5.89. The van der Waals surface area contributed by atoms with E-state index in [-0.39, 0.29) is 25.0 Å². The lowest BCUT2D eigenvalue weighted by Gasteiger charge is -2.44. The molecule has 4 N–H and O–H groups in total. The summed E-state index contributed by atoms with van der Waals surface area (Å²) in [6, 6.07) is 10.5. The first-order valence-corrected chi connectivity index (χ1v) is 14.2. The molecule has 1 aliphatic carbocycles. The van der Waals surface area contributed by atoms with Gasteiger partial charge >= 0.3 is 0 Å². The van der Waals surface area contributed by atoms with Crippen LogP contribution in [0, 0.1) is 5.92 Å². The highest BCUT2D eigenvalue weighted by Crippen LogP contribution is 2.44. The van der Waals surface area contributed by atoms with Crippen LogP contribution < -0.4 is 15.2 Å². The van der Waals surface area contributed by atoms with E-state index in [1.54, 1.807) is 38.4 Å². The molecule has 0 radical (unpaired) electrons. The average molecular weight is 577 g/mol. The van der Waals surface area contributed by atoms with Gasteiger partial charge in [0.05, 0.1) is 33.5 Å². The predicted octanol–water partition coefficient (Wildman–Crippen LogP) is 3.35. The van der Waals surface area contributed by atoms with Crippen LogP contribution in [0.1, 0.15) is 37.7 Å². The molecular formula is C30H41ClN2O7. The molecule has 9 nitrogen and oxygen atoms in total. The average Bonchev–Trinajstić information content (AvgIpc) is 3.31. The molecule has 2 aromatic carbocycles. The highest BCUT2D eigenvalue weighted by atomic mass is 35.5. The van der Waals surface area contributed by atoms with Crippen molar-refractivity contribution in [1.29, 1.82) is 0 Å². The van der Waals surface area contributed by atoms with E-state index in [0.717, 1.165) is 12.0 Å². The Balaban J connectivity index is 1.73. The molecule has 1 unspecified atom stereocenters. The summed E-state index contributed by atoms with van der Waals surface area (Å²) in [5.74, 6) is 0.772. The summed E-state index contributed by atoms with van der Waals surface area (Å²) in [6.07, 6.45) is 1.17. The van der Waals surface area contributed by atoms with Gasteiger partial charge in [-0.3, -0.25) is 4.79 Å². The van der Waals surface area contributed by atoms with Crippen molar-refractivity contribution in [3.8, 4) is 22.6 Å². The lowest BCUT2D eigenvalue weighted by atomic mass is 9.78. The van der Waals surface area contributed by atoms with E-state index in [1.165, 1.54) is 0 Å². The number of carbonyl (C=O) groups is 1. The zero-order valence-corrected chi connectivity index (χ0v) is 24.2. The Hall–Kier alpha value is -2.40. The van der Waals surface area contributed by atoms with Gasteiger partial charge < -0.3 is 39.8 Å². The minimum atomic E-state index is -1.48. The molecule has 1 amide bonds. The Morgan fingerprint density at radius 2 is 1.88 bits per heavy atom. The van der Waals surface area contributed by atoms with Crippen LogP contribution in [0.3, 0.4) is 0 Å². The zero-order chi connectivity index (χ0) is 28.9. The number of amides is 1. The number of nitrogens with two attached hydrogens (primary N) is 1. The van der Waals surface area contributed by atoms with E-state index in [9.17, 15) is 15.0 Å². The van der Waals surface area contributed by atoms with Crippen LogP contribution in [0.15, 0.2) is 36.4 Å². The smallest absolute Gasteiger partial charge is 0.226 e. The van der Waals surface area contributed by atoms with Crippen LogP contribution in [0.4, 0.5) is 0 Å². The van der Waals surface area contributed by atoms with Crippen LogP contribution in [0.2, 0.25) is 5.02 Å². The molecule has 2 fully saturated rings. The number of aliphatic hydroxyl groups is 2. The monoisotopic (exact) mass is 576 g/mol. The van der Waals surface area contributed by atoms with Gasteiger partial charge in [0.2, 0.25) is 5.91 Å². The molecule has 40 heavy (non-hydrogen) atoms. The molecule has 220 valence electrons. The van der Waals surface area contributed by atoms with Gasteiger partial charge in [0, 0.05) is 48.9 Å². The number of unbranched alkanes of at least 4 members (excludes halogenated alkanes) is 1. The maximum absolute atomic E-state index is 13.4. The minimum Gasteiger partial charge on any atom is -0.497 e. The summed E-state index contributed by atoms with van der Waals surface area (Å²) in [4.78, 5) is 15.2. The van der Waals surface area contributed by atoms with Gasteiger partial charge in [-0.05, 0) is 61.4 Å². The summed E-state index contributed by atoms with van der Waals surface area (Å²) in [5.41, 5.74) is 6.49. The van der Waals surface area contributed by atoms with Crippen molar-refractivity contribution < 1.29 is 34.0 Å². The van der Waals surface area contributed by atoms with Crippen molar-refractivity contribution in [3.63, 3.8) is 0 Å². The lowest BCUT2D eigenvalue weighted by molar-refractivity contribution is -0.167. The number of rotatable bonds is 11. The van der Waals surface area contributed by atoms with E-state index in [2.05, 4.69) is 0 Å². The Morgan fingerprint density at radius 1 is 1.15 bits per heavy atom. The quantitative estimate of drug-likeness (QED) is 0.348. The molecule has 2 aliphatic rings. The molecule has 5 atom stereocenters. The second-order valence-electron chi connectivity index (χ2n) is 10.7. The summed E-state index contributed by atoms with van der Waals surface area (Å²) in [7, 11) is 4.81. The number of benzene rings is 2. The van der Waals surface area contributed by atoms with Gasteiger partial charge in [0.15, 0.2) is 0 Å². The third-order valence-electron chi connectivity index (χ3n) is 8.11. The Bertz CT molecular complexity index is 1130. The van der Waals surface area contributed by atoms with E-state index in [0.29, 0.717) is 66.5 Å². The highest BCUT2D eigenvalue weighted by Gasteiger charge is 2.45. The number of morpholine rings is 1. The molecule has 1 heterocycles. The first-order valence-electron chi connectivity index (χ1n) is 13.8. The molecular weight excluding hydrogens is 536 g/mol. The lowest BCUT2D eigenvalue weighted by Crippen LogP contribution is -2.55. The SMILES string of the molecule is COCCCC[C@@](O)(c1cccc(Cl)c1-c1cc(OC)cc(OC)c1)C1CN(C(=O)[C@H]2C[C@@H](N)[C@@H](O)C2)CCO1. The molecule has 2 aromatic rings. The summed E-state index contributed by atoms with van der Waals surface area (Å²) >= 11 is 6.82. The van der Waals surface area contributed by atoms with Crippen LogP contribution >= 0.6 is 11.6 Å². The van der Waals surface area contributed by atoms with Crippen LogP contribution in [0.25, 0.3) is 11.1 Å². The molecule has 0 aromatic heterocycles. The van der Waals surface area contributed by atoms with Crippen molar-refractivity contribution in [3.05, 3.63) is 47.0 Å². The molecule has 4 rings (SSSR count). The van der Waals surface area contributed by atoms with Gasteiger partial charge in [-0.2, -0.15) is 0 Å². The van der Waals surface area contributed by atoms with Crippen molar-refractivity contribution in [2.45, 2.75) is 56.0 Å². The summed E-state index contributed by atoms with van der Waals surface area (Å²) in [5, 5.41) is 23.2. The molecule has 0 bridgehead atoms. The Labute approximate surface area is 241 Å². The van der Waals surface area contributed by atoms with Gasteiger partial charge in [-0.25, -0.2) is 0 Å². The van der Waals surface area contributed by atoms with E-state index < -0.39 is 23.9 Å². The van der Waals surface area contributed by atoms with Gasteiger partial charge in [0.1, 0.15) is 23.2 Å². The van der Waals surface area contributed by atoms with Crippen molar-refractivity contribution >= 4 is 17.5 Å². The van der Waals surface area contributed by atoms with E-state index in [4.69, 9.17) is 36.3 Å². The first-order chi connectivity index (χ1) is 19.2. The Kier molecular flexibility index (Phi) is 10.3. The van der Waals surface area contributed by atoms with Crippen LogP contribution in [-0.4, -0.2) is 86.9 Å². The second kappa shape index (κ2) is 13.5. The minimum absolute atomic E-state index is 0.0640. The predicted molar refractivity (Wildman–Crippen MR) is 153 cm³/mol. The van der Waals surface area contributed by atoms with Crippen LogP contribution in [-0.2, 0) is 19.9 Å². The topological polar surface area (TPSA) is 124 Å². The van der Waals surface area contributed by atoms with Crippen molar-refractivity contribution in [2.24, 2.45) is 11.7 Å². The normalized spacial score (nSPS) is 24.5. The molecule has 10 heteroatoms. The number of aliphatic hydroxyl groups excluding tert-OH is 1. The van der Waals surface area contributed by atoms with Gasteiger partial charge in [-0.15, -0.1) is 0 Å². The standard InChI is InChI=1S/C30H41ClN2O7/c1-37-11-5-4-9-30(36,27-18-33(10-12-40-27)29(35)20-15-25(32)26(34)16-20)23-7-6-8-24(31)28(23)19-13-21(38-2)17-22(14-19)39-3/h6-8,13-14,17,20,25-27,34,36H,4-5,9-12,15-16,18,32H2,1-3H3/t20-,25+,26-,27?,30+/m0/s1. The maximum atomic E-state index is 13.4. The number of hydrogen-bond donors (Lipinski definition) is 3. The van der Waals surface area contributed by atoms with Crippen LogP contribution in [0.5, 0.6) is 11.5 Å².